The highest BCUT2D eigenvalue weighted by atomic mass is 16.4. The van der Waals surface area contributed by atoms with Crippen LogP contribution in [0.15, 0.2) is 18.3 Å². The van der Waals surface area contributed by atoms with E-state index < -0.39 is 5.97 Å². The summed E-state index contributed by atoms with van der Waals surface area (Å²) in [5, 5.41) is 12.2. The van der Waals surface area contributed by atoms with Crippen molar-refractivity contribution in [1.82, 2.24) is 9.88 Å². The van der Waals surface area contributed by atoms with Crippen molar-refractivity contribution in [2.24, 2.45) is 0 Å². The highest BCUT2D eigenvalue weighted by Gasteiger charge is 2.11. The van der Waals surface area contributed by atoms with Gasteiger partial charge >= 0.3 is 5.97 Å². The molecule has 1 saturated heterocycles. The zero-order valence-corrected chi connectivity index (χ0v) is 11.1. The predicted octanol–water partition coefficient (Wildman–Crippen LogP) is 2.07. The van der Waals surface area contributed by atoms with Gasteiger partial charge in [0.15, 0.2) is 0 Å². The Labute approximate surface area is 113 Å². The molecule has 19 heavy (non-hydrogen) atoms. The average molecular weight is 263 g/mol. The van der Waals surface area contributed by atoms with E-state index in [9.17, 15) is 4.79 Å². The lowest BCUT2D eigenvalue weighted by molar-refractivity contribution is 0.0697. The van der Waals surface area contributed by atoms with Crippen molar-refractivity contribution in [3.05, 3.63) is 23.9 Å². The summed E-state index contributed by atoms with van der Waals surface area (Å²) >= 11 is 0. The molecule has 0 atom stereocenters. The van der Waals surface area contributed by atoms with Crippen molar-refractivity contribution < 1.29 is 9.90 Å². The minimum Gasteiger partial charge on any atom is -0.478 e. The van der Waals surface area contributed by atoms with Gasteiger partial charge in [-0.05, 0) is 51.0 Å². The van der Waals surface area contributed by atoms with Crippen LogP contribution in [0.3, 0.4) is 0 Å². The van der Waals surface area contributed by atoms with Crippen molar-refractivity contribution in [2.45, 2.75) is 25.7 Å². The summed E-state index contributed by atoms with van der Waals surface area (Å²) < 4.78 is 0. The van der Waals surface area contributed by atoms with Gasteiger partial charge in [0.25, 0.3) is 0 Å². The van der Waals surface area contributed by atoms with E-state index in [-0.39, 0.29) is 5.56 Å². The van der Waals surface area contributed by atoms with Gasteiger partial charge in [0.05, 0.1) is 0 Å². The summed E-state index contributed by atoms with van der Waals surface area (Å²) in [5.74, 6) is -0.472. The summed E-state index contributed by atoms with van der Waals surface area (Å²) in [4.78, 5) is 17.6. The number of likely N-dealkylation sites (tertiary alicyclic amines) is 1. The normalized spacial score (nSPS) is 16.2. The zero-order chi connectivity index (χ0) is 13.5. The zero-order valence-electron chi connectivity index (χ0n) is 11.1. The van der Waals surface area contributed by atoms with E-state index in [2.05, 4.69) is 15.2 Å². The number of carboxylic acid groups (broad SMARTS) is 1. The molecule has 5 nitrogen and oxygen atoms in total. The van der Waals surface area contributed by atoms with Gasteiger partial charge in [-0.3, -0.25) is 0 Å². The molecular weight excluding hydrogens is 242 g/mol. The summed E-state index contributed by atoms with van der Waals surface area (Å²) in [5.41, 5.74) is 0.237. The molecule has 0 saturated carbocycles. The number of hydrogen-bond donors (Lipinski definition) is 2. The minimum absolute atomic E-state index is 0.237. The quantitative estimate of drug-likeness (QED) is 0.769. The number of rotatable bonds is 6. The Balaban J connectivity index is 1.74. The second-order valence-electron chi connectivity index (χ2n) is 4.89. The molecular formula is C14H21N3O2. The first kappa shape index (κ1) is 13.8. The van der Waals surface area contributed by atoms with Crippen molar-refractivity contribution in [1.29, 1.82) is 0 Å². The number of hydrogen-bond acceptors (Lipinski definition) is 4. The second-order valence-corrected chi connectivity index (χ2v) is 4.89. The van der Waals surface area contributed by atoms with E-state index >= 15 is 0 Å². The number of carboxylic acids is 1. The molecule has 1 fully saturated rings. The van der Waals surface area contributed by atoms with Crippen LogP contribution in [0.2, 0.25) is 0 Å². The van der Waals surface area contributed by atoms with Gasteiger partial charge in [-0.1, -0.05) is 6.42 Å². The Hall–Kier alpha value is -1.62. The molecule has 0 bridgehead atoms. The van der Waals surface area contributed by atoms with Crippen molar-refractivity contribution in [2.75, 3.05) is 31.5 Å². The van der Waals surface area contributed by atoms with Gasteiger partial charge in [-0.2, -0.15) is 0 Å². The standard InChI is InChI=1S/C14H21N3O2/c18-14(19)12-6-4-7-15-13(12)16-8-5-11-17-9-2-1-3-10-17/h4,6-7H,1-3,5,8-11H2,(H,15,16)(H,18,19). The number of aromatic carboxylic acids is 1. The maximum absolute atomic E-state index is 11.0. The summed E-state index contributed by atoms with van der Waals surface area (Å²) in [6.07, 6.45) is 6.58. The molecule has 2 rings (SSSR count). The van der Waals surface area contributed by atoms with E-state index in [4.69, 9.17) is 5.11 Å². The van der Waals surface area contributed by atoms with E-state index in [0.29, 0.717) is 5.82 Å². The molecule has 0 unspecified atom stereocenters. The number of carbonyl (C=O) groups is 1. The fourth-order valence-electron chi connectivity index (χ4n) is 2.41. The molecule has 5 heteroatoms. The van der Waals surface area contributed by atoms with E-state index in [1.54, 1.807) is 18.3 Å². The lowest BCUT2D eigenvalue weighted by Crippen LogP contribution is -2.31. The van der Waals surface area contributed by atoms with Gasteiger partial charge in [-0.15, -0.1) is 0 Å². The maximum atomic E-state index is 11.0. The number of aromatic nitrogens is 1. The van der Waals surface area contributed by atoms with Crippen molar-refractivity contribution >= 4 is 11.8 Å². The number of nitrogens with one attached hydrogen (secondary N) is 1. The Kier molecular flexibility index (Phi) is 5.15. The number of piperidine rings is 1. The van der Waals surface area contributed by atoms with Gasteiger partial charge < -0.3 is 15.3 Å². The van der Waals surface area contributed by atoms with Crippen LogP contribution in [0.4, 0.5) is 5.82 Å². The molecule has 2 N–H and O–H groups in total. The van der Waals surface area contributed by atoms with Crippen LogP contribution in [0.5, 0.6) is 0 Å². The number of nitrogens with zero attached hydrogens (tertiary/aromatic N) is 2. The molecule has 0 aromatic carbocycles. The molecule has 1 aromatic heterocycles. The van der Waals surface area contributed by atoms with Crippen molar-refractivity contribution in [3.63, 3.8) is 0 Å². The van der Waals surface area contributed by atoms with Crippen LogP contribution in [0.1, 0.15) is 36.0 Å². The Morgan fingerprint density at radius 3 is 2.89 bits per heavy atom. The Bertz CT molecular complexity index is 417. The average Bonchev–Trinajstić information content (AvgIpc) is 2.45. The lowest BCUT2D eigenvalue weighted by atomic mass is 10.1. The molecule has 0 aliphatic carbocycles. The number of pyridine rings is 1. The maximum Gasteiger partial charge on any atom is 0.339 e. The Morgan fingerprint density at radius 1 is 1.37 bits per heavy atom. The second kappa shape index (κ2) is 7.09. The summed E-state index contributed by atoms with van der Waals surface area (Å²) in [6.45, 7) is 4.23. The first-order chi connectivity index (χ1) is 9.27. The summed E-state index contributed by atoms with van der Waals surface area (Å²) in [6, 6.07) is 3.21. The molecule has 1 aliphatic heterocycles. The third-order valence-corrected chi connectivity index (χ3v) is 3.43. The topological polar surface area (TPSA) is 65.5 Å². The molecule has 0 spiro atoms. The third-order valence-electron chi connectivity index (χ3n) is 3.43. The van der Waals surface area contributed by atoms with Crippen LogP contribution < -0.4 is 5.32 Å². The first-order valence-corrected chi connectivity index (χ1v) is 6.92. The summed E-state index contributed by atoms with van der Waals surface area (Å²) in [7, 11) is 0. The van der Waals surface area contributed by atoms with Gasteiger partial charge in [0.2, 0.25) is 0 Å². The van der Waals surface area contributed by atoms with Gasteiger partial charge in [0.1, 0.15) is 11.4 Å². The first-order valence-electron chi connectivity index (χ1n) is 6.92. The largest absolute Gasteiger partial charge is 0.478 e. The molecule has 0 radical (unpaired) electrons. The Morgan fingerprint density at radius 2 is 2.16 bits per heavy atom. The fourth-order valence-corrected chi connectivity index (χ4v) is 2.41. The smallest absolute Gasteiger partial charge is 0.339 e. The lowest BCUT2D eigenvalue weighted by Gasteiger charge is -2.26. The van der Waals surface area contributed by atoms with Crippen LogP contribution in [0, 0.1) is 0 Å². The fraction of sp³-hybridized carbons (Fsp3) is 0.571. The van der Waals surface area contributed by atoms with E-state index in [0.717, 1.165) is 19.5 Å². The van der Waals surface area contributed by atoms with E-state index in [1.165, 1.54) is 32.4 Å². The highest BCUT2D eigenvalue weighted by Crippen LogP contribution is 2.12. The SMILES string of the molecule is O=C(O)c1cccnc1NCCCN1CCCCC1. The van der Waals surface area contributed by atoms with Gasteiger partial charge in [0, 0.05) is 12.7 Å². The number of anilines is 1. The minimum atomic E-state index is -0.938. The monoisotopic (exact) mass is 263 g/mol. The predicted molar refractivity (Wildman–Crippen MR) is 74.6 cm³/mol. The molecule has 104 valence electrons. The highest BCUT2D eigenvalue weighted by molar-refractivity contribution is 5.92. The molecule has 2 heterocycles. The van der Waals surface area contributed by atoms with Crippen LogP contribution in [-0.4, -0.2) is 47.1 Å². The molecule has 0 amide bonds. The molecule has 1 aromatic rings. The van der Waals surface area contributed by atoms with E-state index in [1.807, 2.05) is 0 Å². The van der Waals surface area contributed by atoms with Crippen LogP contribution in [-0.2, 0) is 0 Å². The molecule has 1 aliphatic rings. The van der Waals surface area contributed by atoms with Crippen LogP contribution >= 0.6 is 0 Å². The van der Waals surface area contributed by atoms with Crippen molar-refractivity contribution in [3.8, 4) is 0 Å². The van der Waals surface area contributed by atoms with Crippen LogP contribution in [0.25, 0.3) is 0 Å². The third kappa shape index (κ3) is 4.21. The van der Waals surface area contributed by atoms with Gasteiger partial charge in [-0.25, -0.2) is 9.78 Å².